The van der Waals surface area contributed by atoms with E-state index < -0.39 is 10.0 Å². The van der Waals surface area contributed by atoms with Crippen molar-refractivity contribution in [1.29, 1.82) is 5.26 Å². The van der Waals surface area contributed by atoms with Crippen LogP contribution in [0.4, 0.5) is 0 Å². The molecule has 9 heteroatoms. The van der Waals surface area contributed by atoms with E-state index in [9.17, 15) is 13.2 Å². The number of carbonyl (C=O) groups excluding carboxylic acids is 1. The van der Waals surface area contributed by atoms with Gasteiger partial charge in [0.1, 0.15) is 6.10 Å². The normalized spacial score (nSPS) is 15.3. The summed E-state index contributed by atoms with van der Waals surface area (Å²) in [5.74, 6) is 0.0657. The van der Waals surface area contributed by atoms with Gasteiger partial charge in [-0.1, -0.05) is 0 Å². The van der Waals surface area contributed by atoms with Crippen molar-refractivity contribution in [2.75, 3.05) is 32.9 Å². The second-order valence-electron chi connectivity index (χ2n) is 5.05. The van der Waals surface area contributed by atoms with Gasteiger partial charge in [0.25, 0.3) is 0 Å². The van der Waals surface area contributed by atoms with Gasteiger partial charge in [0, 0.05) is 19.3 Å². The molecule has 0 atom stereocenters. The van der Waals surface area contributed by atoms with Crippen LogP contribution in [0.3, 0.4) is 0 Å². The zero-order valence-electron chi connectivity index (χ0n) is 12.3. The summed E-state index contributed by atoms with van der Waals surface area (Å²) in [4.78, 5) is 17.4. The maximum absolute atomic E-state index is 11.9. The number of ether oxygens (including phenoxy) is 1. The SMILES string of the molecule is CN(CC(=O)N1CC(Oc2cc(C#N)ccn2)C1)S(C)(=O)=O. The van der Waals surface area contributed by atoms with E-state index in [2.05, 4.69) is 4.98 Å². The van der Waals surface area contributed by atoms with Crippen LogP contribution in [0.25, 0.3) is 0 Å². The Kier molecular flexibility index (Phi) is 4.63. The summed E-state index contributed by atoms with van der Waals surface area (Å²) in [6.45, 7) is 0.553. The first-order valence-electron chi connectivity index (χ1n) is 6.51. The predicted octanol–water partition coefficient (Wildman–Crippen LogP) is -0.566. The van der Waals surface area contributed by atoms with E-state index in [4.69, 9.17) is 10.00 Å². The van der Waals surface area contributed by atoms with Gasteiger partial charge >= 0.3 is 0 Å². The molecule has 118 valence electrons. The zero-order chi connectivity index (χ0) is 16.3. The molecule has 8 nitrogen and oxygen atoms in total. The first-order chi connectivity index (χ1) is 10.3. The van der Waals surface area contributed by atoms with Crippen LogP contribution in [0.15, 0.2) is 18.3 Å². The van der Waals surface area contributed by atoms with Crippen LogP contribution in [0.1, 0.15) is 5.56 Å². The second-order valence-corrected chi connectivity index (χ2v) is 7.14. The van der Waals surface area contributed by atoms with Crippen LogP contribution >= 0.6 is 0 Å². The van der Waals surface area contributed by atoms with Crippen molar-refractivity contribution in [3.8, 4) is 11.9 Å². The number of sulfonamides is 1. The Hall–Kier alpha value is -2.18. The monoisotopic (exact) mass is 324 g/mol. The average molecular weight is 324 g/mol. The summed E-state index contributed by atoms with van der Waals surface area (Å²) in [5.41, 5.74) is 0.451. The summed E-state index contributed by atoms with van der Waals surface area (Å²) in [6, 6.07) is 5.10. The molecule has 1 amide bonds. The Morgan fingerprint density at radius 3 is 2.86 bits per heavy atom. The minimum Gasteiger partial charge on any atom is -0.471 e. The third kappa shape index (κ3) is 3.93. The lowest BCUT2D eigenvalue weighted by Crippen LogP contribution is -2.58. The van der Waals surface area contributed by atoms with Gasteiger partial charge in [0.15, 0.2) is 0 Å². The molecular weight excluding hydrogens is 308 g/mol. The topological polar surface area (TPSA) is 104 Å². The number of hydrogen-bond donors (Lipinski definition) is 0. The number of amides is 1. The quantitative estimate of drug-likeness (QED) is 0.719. The molecule has 0 aromatic carbocycles. The van der Waals surface area contributed by atoms with Crippen molar-refractivity contribution < 1.29 is 17.9 Å². The molecule has 1 saturated heterocycles. The van der Waals surface area contributed by atoms with E-state index in [1.807, 2.05) is 6.07 Å². The van der Waals surface area contributed by atoms with Gasteiger partial charge in [0.2, 0.25) is 21.8 Å². The average Bonchev–Trinajstić information content (AvgIpc) is 2.41. The van der Waals surface area contributed by atoms with E-state index in [1.165, 1.54) is 24.2 Å². The van der Waals surface area contributed by atoms with Crippen LogP contribution in [-0.2, 0) is 14.8 Å². The Bertz CT molecular complexity index is 707. The van der Waals surface area contributed by atoms with Crippen molar-refractivity contribution in [1.82, 2.24) is 14.2 Å². The fraction of sp³-hybridized carbons (Fsp3) is 0.462. The highest BCUT2D eigenvalue weighted by Crippen LogP contribution is 2.17. The summed E-state index contributed by atoms with van der Waals surface area (Å²) in [5, 5.41) is 8.79. The molecule has 0 unspecified atom stereocenters. The number of likely N-dealkylation sites (N-methyl/N-ethyl adjacent to an activating group) is 1. The Morgan fingerprint density at radius 1 is 1.59 bits per heavy atom. The predicted molar refractivity (Wildman–Crippen MR) is 77.4 cm³/mol. The highest BCUT2D eigenvalue weighted by molar-refractivity contribution is 7.88. The van der Waals surface area contributed by atoms with Gasteiger partial charge in [-0.2, -0.15) is 9.57 Å². The summed E-state index contributed by atoms with van der Waals surface area (Å²) < 4.78 is 29.1. The number of pyridine rings is 1. The number of likely N-dealkylation sites (tertiary alicyclic amines) is 1. The van der Waals surface area contributed by atoms with E-state index in [-0.39, 0.29) is 18.6 Å². The number of carbonyl (C=O) groups is 1. The van der Waals surface area contributed by atoms with E-state index in [1.54, 1.807) is 6.07 Å². The molecule has 2 rings (SSSR count). The number of hydrogen-bond acceptors (Lipinski definition) is 6. The van der Waals surface area contributed by atoms with Crippen molar-refractivity contribution in [2.24, 2.45) is 0 Å². The summed E-state index contributed by atoms with van der Waals surface area (Å²) in [7, 11) is -2.01. The number of nitrogens with zero attached hydrogens (tertiary/aromatic N) is 4. The fourth-order valence-electron chi connectivity index (χ4n) is 1.84. The number of aromatic nitrogens is 1. The molecule has 2 heterocycles. The van der Waals surface area contributed by atoms with Crippen molar-refractivity contribution in [2.45, 2.75) is 6.10 Å². The molecule has 0 aliphatic carbocycles. The van der Waals surface area contributed by atoms with Crippen LogP contribution in [0.5, 0.6) is 5.88 Å². The number of rotatable bonds is 5. The fourth-order valence-corrected chi connectivity index (χ4v) is 2.18. The second kappa shape index (κ2) is 6.29. The molecule has 1 aromatic heterocycles. The standard InChI is InChI=1S/C13H16N4O4S/c1-16(22(2,19)20)9-13(18)17-7-11(8-17)21-12-5-10(6-14)3-4-15-12/h3-5,11H,7-9H2,1-2H3. The lowest BCUT2D eigenvalue weighted by molar-refractivity contribution is -0.140. The van der Waals surface area contributed by atoms with Crippen molar-refractivity contribution in [3.63, 3.8) is 0 Å². The van der Waals surface area contributed by atoms with Crippen LogP contribution in [-0.4, -0.2) is 67.6 Å². The highest BCUT2D eigenvalue weighted by Gasteiger charge is 2.33. The maximum Gasteiger partial charge on any atom is 0.238 e. The summed E-state index contributed by atoms with van der Waals surface area (Å²) >= 11 is 0. The largest absolute Gasteiger partial charge is 0.471 e. The first kappa shape index (κ1) is 16.2. The molecule has 0 radical (unpaired) electrons. The molecular formula is C13H16N4O4S. The molecule has 22 heavy (non-hydrogen) atoms. The van der Waals surface area contributed by atoms with Gasteiger partial charge in [-0.05, 0) is 6.07 Å². The molecule has 1 fully saturated rings. The van der Waals surface area contributed by atoms with E-state index in [0.717, 1.165) is 10.6 Å². The van der Waals surface area contributed by atoms with Gasteiger partial charge in [-0.25, -0.2) is 13.4 Å². The van der Waals surface area contributed by atoms with Crippen LogP contribution in [0, 0.1) is 11.3 Å². The number of nitriles is 1. The minimum absolute atomic E-state index is 0.187. The molecule has 1 aromatic rings. The van der Waals surface area contributed by atoms with Crippen LogP contribution in [0.2, 0.25) is 0 Å². The minimum atomic E-state index is -3.37. The Balaban J connectivity index is 1.82. The van der Waals surface area contributed by atoms with Gasteiger partial charge in [0.05, 0.1) is 37.5 Å². The molecule has 1 aliphatic heterocycles. The first-order valence-corrected chi connectivity index (χ1v) is 8.36. The maximum atomic E-state index is 11.9. The zero-order valence-corrected chi connectivity index (χ0v) is 13.1. The molecule has 0 spiro atoms. The van der Waals surface area contributed by atoms with E-state index >= 15 is 0 Å². The lowest BCUT2D eigenvalue weighted by atomic mass is 10.1. The molecule has 0 bridgehead atoms. The van der Waals surface area contributed by atoms with Crippen molar-refractivity contribution in [3.05, 3.63) is 23.9 Å². The highest BCUT2D eigenvalue weighted by atomic mass is 32.2. The lowest BCUT2D eigenvalue weighted by Gasteiger charge is -2.39. The Labute approximate surface area is 129 Å². The smallest absolute Gasteiger partial charge is 0.238 e. The molecule has 0 N–H and O–H groups in total. The molecule has 1 aliphatic rings. The molecule has 0 saturated carbocycles. The third-order valence-corrected chi connectivity index (χ3v) is 4.54. The third-order valence-electron chi connectivity index (χ3n) is 3.28. The van der Waals surface area contributed by atoms with E-state index in [0.29, 0.717) is 24.5 Å². The van der Waals surface area contributed by atoms with Crippen LogP contribution < -0.4 is 4.74 Å². The van der Waals surface area contributed by atoms with Gasteiger partial charge in [-0.3, -0.25) is 4.79 Å². The van der Waals surface area contributed by atoms with Gasteiger partial charge < -0.3 is 9.64 Å². The van der Waals surface area contributed by atoms with Gasteiger partial charge in [-0.15, -0.1) is 0 Å². The summed E-state index contributed by atoms with van der Waals surface area (Å²) in [6.07, 6.45) is 2.33. The van der Waals surface area contributed by atoms with Crippen molar-refractivity contribution >= 4 is 15.9 Å². The Morgan fingerprint density at radius 2 is 2.27 bits per heavy atom.